The van der Waals surface area contributed by atoms with E-state index in [-0.39, 0.29) is 0 Å². The van der Waals surface area contributed by atoms with Crippen LogP contribution in [0.4, 0.5) is 5.69 Å². The van der Waals surface area contributed by atoms with Gasteiger partial charge in [0.05, 0.1) is 4.90 Å². The minimum Gasteiger partial charge on any atom is -0.381 e. The summed E-state index contributed by atoms with van der Waals surface area (Å²) in [6.45, 7) is 2.68. The van der Waals surface area contributed by atoms with Gasteiger partial charge in [0.15, 0.2) is 9.84 Å². The van der Waals surface area contributed by atoms with Gasteiger partial charge in [-0.3, -0.25) is 0 Å². The monoisotopic (exact) mass is 309 g/mol. The van der Waals surface area contributed by atoms with Gasteiger partial charge in [-0.2, -0.15) is 0 Å². The molecule has 0 heterocycles. The molecule has 3 nitrogen and oxygen atoms in total. The molecule has 0 amide bonds. The van der Waals surface area contributed by atoms with Crippen LogP contribution in [0.3, 0.4) is 0 Å². The van der Waals surface area contributed by atoms with Gasteiger partial charge in [0, 0.05) is 23.5 Å². The fraction of sp³-hybridized carbons (Fsp3) is 0.200. The van der Waals surface area contributed by atoms with Crippen molar-refractivity contribution in [3.63, 3.8) is 0 Å². The van der Waals surface area contributed by atoms with E-state index in [4.69, 9.17) is 11.6 Å². The average Bonchev–Trinajstić information content (AvgIpc) is 2.37. The van der Waals surface area contributed by atoms with Gasteiger partial charge >= 0.3 is 0 Å². The van der Waals surface area contributed by atoms with E-state index in [0.717, 1.165) is 21.8 Å². The first-order valence-corrected chi connectivity index (χ1v) is 8.42. The minimum absolute atomic E-state index is 0.325. The zero-order chi connectivity index (χ0) is 14.8. The molecule has 0 bridgehead atoms. The normalized spacial score (nSPS) is 11.3. The molecule has 0 aliphatic heterocycles. The lowest BCUT2D eigenvalue weighted by molar-refractivity contribution is 0.602. The van der Waals surface area contributed by atoms with Crippen LogP contribution >= 0.6 is 11.6 Å². The largest absolute Gasteiger partial charge is 0.381 e. The number of sulfone groups is 1. The third kappa shape index (κ3) is 3.74. The highest BCUT2D eigenvalue weighted by Crippen LogP contribution is 2.18. The van der Waals surface area contributed by atoms with Crippen molar-refractivity contribution in [2.24, 2.45) is 0 Å². The summed E-state index contributed by atoms with van der Waals surface area (Å²) < 4.78 is 22.7. The van der Waals surface area contributed by atoms with Crippen LogP contribution in [-0.4, -0.2) is 14.7 Å². The highest BCUT2D eigenvalue weighted by molar-refractivity contribution is 7.90. The lowest BCUT2D eigenvalue weighted by Crippen LogP contribution is -2.02. The SMILES string of the molecule is Cc1cc(Cl)ccc1CNc1ccc(S(C)(=O)=O)cc1. The Morgan fingerprint density at radius 1 is 1.10 bits per heavy atom. The van der Waals surface area contributed by atoms with Crippen LogP contribution in [0.5, 0.6) is 0 Å². The zero-order valence-electron chi connectivity index (χ0n) is 11.4. The van der Waals surface area contributed by atoms with Gasteiger partial charge in [-0.15, -0.1) is 0 Å². The van der Waals surface area contributed by atoms with Gasteiger partial charge in [0.1, 0.15) is 0 Å². The van der Waals surface area contributed by atoms with Crippen LogP contribution in [0.25, 0.3) is 0 Å². The Morgan fingerprint density at radius 2 is 1.75 bits per heavy atom. The Balaban J connectivity index is 2.08. The van der Waals surface area contributed by atoms with E-state index in [1.165, 1.54) is 6.26 Å². The van der Waals surface area contributed by atoms with Crippen molar-refractivity contribution < 1.29 is 8.42 Å². The molecule has 1 N–H and O–H groups in total. The predicted molar refractivity (Wildman–Crippen MR) is 83.1 cm³/mol. The quantitative estimate of drug-likeness (QED) is 0.937. The topological polar surface area (TPSA) is 46.2 Å². The number of anilines is 1. The van der Waals surface area contributed by atoms with Crippen LogP contribution in [0.15, 0.2) is 47.4 Å². The van der Waals surface area contributed by atoms with Gasteiger partial charge in [-0.1, -0.05) is 17.7 Å². The first kappa shape index (κ1) is 14.9. The zero-order valence-corrected chi connectivity index (χ0v) is 12.9. The summed E-state index contributed by atoms with van der Waals surface area (Å²) >= 11 is 5.92. The summed E-state index contributed by atoms with van der Waals surface area (Å²) in [6.07, 6.45) is 1.20. The summed E-state index contributed by atoms with van der Waals surface area (Å²) in [5.41, 5.74) is 3.16. The fourth-order valence-electron chi connectivity index (χ4n) is 1.87. The second kappa shape index (κ2) is 5.85. The molecule has 0 atom stereocenters. The highest BCUT2D eigenvalue weighted by Gasteiger charge is 2.06. The van der Waals surface area contributed by atoms with Crippen molar-refractivity contribution in [3.8, 4) is 0 Å². The van der Waals surface area contributed by atoms with Crippen molar-refractivity contribution in [3.05, 3.63) is 58.6 Å². The molecule has 0 unspecified atom stereocenters. The van der Waals surface area contributed by atoms with Crippen molar-refractivity contribution in [2.45, 2.75) is 18.4 Å². The summed E-state index contributed by atoms with van der Waals surface area (Å²) in [5, 5.41) is 3.99. The molecule has 0 aliphatic rings. The maximum absolute atomic E-state index is 11.4. The Labute approximate surface area is 124 Å². The molecule has 2 aromatic carbocycles. The lowest BCUT2D eigenvalue weighted by atomic mass is 10.1. The van der Waals surface area contributed by atoms with Crippen molar-refractivity contribution in [1.82, 2.24) is 0 Å². The maximum atomic E-state index is 11.4. The summed E-state index contributed by atoms with van der Waals surface area (Å²) in [5.74, 6) is 0. The van der Waals surface area contributed by atoms with Gasteiger partial charge < -0.3 is 5.32 Å². The first-order chi connectivity index (χ1) is 9.36. The summed E-state index contributed by atoms with van der Waals surface area (Å²) in [6, 6.07) is 12.5. The molecule has 0 radical (unpaired) electrons. The Kier molecular flexibility index (Phi) is 4.35. The van der Waals surface area contributed by atoms with E-state index in [9.17, 15) is 8.42 Å². The molecule has 0 fully saturated rings. The number of nitrogens with one attached hydrogen (secondary N) is 1. The molecule has 0 aromatic heterocycles. The molecule has 20 heavy (non-hydrogen) atoms. The molecule has 0 saturated heterocycles. The predicted octanol–water partition coefficient (Wildman–Crippen LogP) is 3.66. The van der Waals surface area contributed by atoms with E-state index in [1.54, 1.807) is 24.3 Å². The van der Waals surface area contributed by atoms with E-state index < -0.39 is 9.84 Å². The fourth-order valence-corrected chi connectivity index (χ4v) is 2.73. The lowest BCUT2D eigenvalue weighted by Gasteiger charge is -2.10. The molecular weight excluding hydrogens is 294 g/mol. The molecule has 0 saturated carbocycles. The molecule has 0 aliphatic carbocycles. The summed E-state index contributed by atoms with van der Waals surface area (Å²) in [4.78, 5) is 0.325. The maximum Gasteiger partial charge on any atom is 0.175 e. The number of aryl methyl sites for hydroxylation is 1. The molecule has 106 valence electrons. The number of rotatable bonds is 4. The Hall–Kier alpha value is -1.52. The second-order valence-electron chi connectivity index (χ2n) is 4.72. The van der Waals surface area contributed by atoms with Crippen molar-refractivity contribution in [2.75, 3.05) is 11.6 Å². The molecule has 0 spiro atoms. The third-order valence-corrected chi connectivity index (χ3v) is 4.43. The van der Waals surface area contributed by atoms with Gasteiger partial charge in [0.25, 0.3) is 0 Å². The van der Waals surface area contributed by atoms with Crippen LogP contribution in [0.2, 0.25) is 5.02 Å². The minimum atomic E-state index is -3.14. The highest BCUT2D eigenvalue weighted by atomic mass is 35.5. The van der Waals surface area contributed by atoms with Crippen LogP contribution in [0, 0.1) is 6.92 Å². The molecular formula is C15H16ClNO2S. The average molecular weight is 310 g/mol. The Bertz CT molecular complexity index is 709. The number of hydrogen-bond donors (Lipinski definition) is 1. The number of halogens is 1. The standard InChI is InChI=1S/C15H16ClNO2S/c1-11-9-13(16)4-3-12(11)10-17-14-5-7-15(8-6-14)20(2,18)19/h3-9,17H,10H2,1-2H3. The second-order valence-corrected chi connectivity index (χ2v) is 7.17. The number of hydrogen-bond acceptors (Lipinski definition) is 3. The van der Waals surface area contributed by atoms with E-state index >= 15 is 0 Å². The van der Waals surface area contributed by atoms with Crippen LogP contribution in [0.1, 0.15) is 11.1 Å². The van der Waals surface area contributed by atoms with E-state index in [1.807, 2.05) is 25.1 Å². The number of benzene rings is 2. The molecule has 2 aromatic rings. The molecule has 5 heteroatoms. The van der Waals surface area contributed by atoms with Crippen molar-refractivity contribution in [1.29, 1.82) is 0 Å². The smallest absolute Gasteiger partial charge is 0.175 e. The van der Waals surface area contributed by atoms with Crippen molar-refractivity contribution >= 4 is 27.1 Å². The van der Waals surface area contributed by atoms with Crippen LogP contribution in [-0.2, 0) is 16.4 Å². The van der Waals surface area contributed by atoms with E-state index in [2.05, 4.69) is 5.32 Å². The Morgan fingerprint density at radius 3 is 2.30 bits per heavy atom. The summed E-state index contributed by atoms with van der Waals surface area (Å²) in [7, 11) is -3.14. The first-order valence-electron chi connectivity index (χ1n) is 6.15. The molecule has 2 rings (SSSR count). The van der Waals surface area contributed by atoms with Crippen LogP contribution < -0.4 is 5.32 Å². The van der Waals surface area contributed by atoms with Gasteiger partial charge in [-0.25, -0.2) is 8.42 Å². The van der Waals surface area contributed by atoms with Gasteiger partial charge in [-0.05, 0) is 54.4 Å². The third-order valence-electron chi connectivity index (χ3n) is 3.07. The van der Waals surface area contributed by atoms with Gasteiger partial charge in [0.2, 0.25) is 0 Å². The van der Waals surface area contributed by atoms with E-state index in [0.29, 0.717) is 11.4 Å².